The summed E-state index contributed by atoms with van der Waals surface area (Å²) in [6.45, 7) is 1.69. The standard InChI is InChI=1S/C11H21NO/c1-12-6-2-3-10-7-9(8-13)4-5-11(10)12/h9-11,13H,2-8H2,1H3. The number of hydrogen-bond donors (Lipinski definition) is 1. The molecule has 1 saturated carbocycles. The number of aliphatic hydroxyl groups excluding tert-OH is 1. The molecule has 0 aromatic rings. The second kappa shape index (κ2) is 3.97. The summed E-state index contributed by atoms with van der Waals surface area (Å²) in [5.74, 6) is 1.48. The Bertz CT molecular complexity index is 171. The van der Waals surface area contributed by atoms with Crippen molar-refractivity contribution in [3.63, 3.8) is 0 Å². The predicted molar refractivity (Wildman–Crippen MR) is 53.6 cm³/mol. The molecule has 1 saturated heterocycles. The van der Waals surface area contributed by atoms with Gasteiger partial charge in [-0.3, -0.25) is 0 Å². The molecule has 2 rings (SSSR count). The number of likely N-dealkylation sites (tertiary alicyclic amines) is 1. The Morgan fingerprint density at radius 2 is 2.15 bits per heavy atom. The number of rotatable bonds is 1. The summed E-state index contributed by atoms with van der Waals surface area (Å²) in [6, 6.07) is 0.830. The minimum atomic E-state index is 0.410. The molecular formula is C11H21NO. The van der Waals surface area contributed by atoms with Crippen LogP contribution in [-0.4, -0.2) is 36.2 Å². The van der Waals surface area contributed by atoms with Gasteiger partial charge in [0, 0.05) is 12.6 Å². The van der Waals surface area contributed by atoms with Gasteiger partial charge < -0.3 is 10.0 Å². The van der Waals surface area contributed by atoms with E-state index in [0.717, 1.165) is 12.0 Å². The number of fused-ring (bicyclic) bond motifs is 1. The van der Waals surface area contributed by atoms with Gasteiger partial charge in [-0.25, -0.2) is 0 Å². The number of nitrogens with zero attached hydrogens (tertiary/aromatic N) is 1. The summed E-state index contributed by atoms with van der Waals surface area (Å²) >= 11 is 0. The maximum atomic E-state index is 9.13. The van der Waals surface area contributed by atoms with Gasteiger partial charge in [0.2, 0.25) is 0 Å². The van der Waals surface area contributed by atoms with E-state index in [0.29, 0.717) is 12.5 Å². The third-order valence-electron chi connectivity index (χ3n) is 3.96. The van der Waals surface area contributed by atoms with Crippen LogP contribution in [0.1, 0.15) is 32.1 Å². The largest absolute Gasteiger partial charge is 0.396 e. The van der Waals surface area contributed by atoms with Crippen LogP contribution in [0.25, 0.3) is 0 Å². The van der Waals surface area contributed by atoms with Crippen molar-refractivity contribution in [1.29, 1.82) is 0 Å². The van der Waals surface area contributed by atoms with Crippen molar-refractivity contribution in [3.8, 4) is 0 Å². The molecule has 0 amide bonds. The molecule has 1 N–H and O–H groups in total. The van der Waals surface area contributed by atoms with Gasteiger partial charge in [0.05, 0.1) is 0 Å². The Hall–Kier alpha value is -0.0800. The lowest BCUT2D eigenvalue weighted by molar-refractivity contribution is 0.0448. The second-order valence-electron chi connectivity index (χ2n) is 4.81. The number of piperidine rings is 1. The first-order valence-electron chi connectivity index (χ1n) is 5.62. The summed E-state index contributed by atoms with van der Waals surface area (Å²) in [7, 11) is 2.26. The third-order valence-corrected chi connectivity index (χ3v) is 3.96. The molecule has 1 aliphatic heterocycles. The molecule has 76 valence electrons. The molecule has 0 aromatic heterocycles. The highest BCUT2D eigenvalue weighted by atomic mass is 16.3. The molecule has 0 radical (unpaired) electrons. The highest BCUT2D eigenvalue weighted by Crippen LogP contribution is 2.37. The van der Waals surface area contributed by atoms with Crippen LogP contribution in [-0.2, 0) is 0 Å². The van der Waals surface area contributed by atoms with Crippen molar-refractivity contribution >= 4 is 0 Å². The molecule has 2 aliphatic rings. The van der Waals surface area contributed by atoms with E-state index >= 15 is 0 Å². The van der Waals surface area contributed by atoms with Crippen molar-refractivity contribution in [1.82, 2.24) is 4.90 Å². The van der Waals surface area contributed by atoms with Crippen LogP contribution in [0.2, 0.25) is 0 Å². The first-order chi connectivity index (χ1) is 6.31. The zero-order chi connectivity index (χ0) is 9.26. The van der Waals surface area contributed by atoms with Crippen LogP contribution in [0.4, 0.5) is 0 Å². The van der Waals surface area contributed by atoms with Crippen molar-refractivity contribution in [3.05, 3.63) is 0 Å². The lowest BCUT2D eigenvalue weighted by Crippen LogP contribution is -2.46. The first-order valence-corrected chi connectivity index (χ1v) is 5.62. The fraction of sp³-hybridized carbons (Fsp3) is 1.00. The third kappa shape index (κ3) is 1.89. The van der Waals surface area contributed by atoms with Gasteiger partial charge in [-0.05, 0) is 57.5 Å². The lowest BCUT2D eigenvalue weighted by atomic mass is 9.74. The van der Waals surface area contributed by atoms with Crippen LogP contribution in [0.3, 0.4) is 0 Å². The van der Waals surface area contributed by atoms with E-state index in [-0.39, 0.29) is 0 Å². The first kappa shape index (κ1) is 9.47. The Balaban J connectivity index is 1.95. The molecule has 0 aromatic carbocycles. The Labute approximate surface area is 80.9 Å². The predicted octanol–water partition coefficient (Wildman–Crippen LogP) is 1.49. The summed E-state index contributed by atoms with van der Waals surface area (Å²) < 4.78 is 0. The molecule has 0 bridgehead atoms. The van der Waals surface area contributed by atoms with Crippen LogP contribution in [0, 0.1) is 11.8 Å². The molecule has 2 nitrogen and oxygen atoms in total. The molecular weight excluding hydrogens is 162 g/mol. The highest BCUT2D eigenvalue weighted by molar-refractivity contribution is 4.88. The van der Waals surface area contributed by atoms with Gasteiger partial charge in [-0.15, -0.1) is 0 Å². The fourth-order valence-corrected chi connectivity index (χ4v) is 3.17. The van der Waals surface area contributed by atoms with Crippen molar-refractivity contribution in [2.75, 3.05) is 20.2 Å². The highest BCUT2D eigenvalue weighted by Gasteiger charge is 2.34. The molecule has 3 unspecified atom stereocenters. The van der Waals surface area contributed by atoms with E-state index in [4.69, 9.17) is 5.11 Å². The van der Waals surface area contributed by atoms with Gasteiger partial charge in [-0.2, -0.15) is 0 Å². The zero-order valence-electron chi connectivity index (χ0n) is 8.58. The summed E-state index contributed by atoms with van der Waals surface area (Å²) in [4.78, 5) is 2.53. The van der Waals surface area contributed by atoms with E-state index in [1.54, 1.807) is 0 Å². The Morgan fingerprint density at radius 1 is 1.31 bits per heavy atom. The molecule has 2 fully saturated rings. The molecule has 13 heavy (non-hydrogen) atoms. The van der Waals surface area contributed by atoms with E-state index in [2.05, 4.69) is 11.9 Å². The molecule has 1 heterocycles. The van der Waals surface area contributed by atoms with Crippen molar-refractivity contribution < 1.29 is 5.11 Å². The van der Waals surface area contributed by atoms with E-state index in [1.807, 2.05) is 0 Å². The van der Waals surface area contributed by atoms with Crippen LogP contribution < -0.4 is 0 Å². The van der Waals surface area contributed by atoms with Gasteiger partial charge in [-0.1, -0.05) is 0 Å². The minimum Gasteiger partial charge on any atom is -0.396 e. The SMILES string of the molecule is CN1CCCC2CC(CO)CCC21. The molecule has 2 heteroatoms. The summed E-state index contributed by atoms with van der Waals surface area (Å²) in [5, 5.41) is 9.13. The summed E-state index contributed by atoms with van der Waals surface area (Å²) in [5.41, 5.74) is 0. The number of aliphatic hydroxyl groups is 1. The quantitative estimate of drug-likeness (QED) is 0.666. The topological polar surface area (TPSA) is 23.5 Å². The van der Waals surface area contributed by atoms with Gasteiger partial charge in [0.15, 0.2) is 0 Å². The fourth-order valence-electron chi connectivity index (χ4n) is 3.17. The lowest BCUT2D eigenvalue weighted by Gasteiger charge is -2.44. The summed E-state index contributed by atoms with van der Waals surface area (Å²) in [6.07, 6.45) is 6.57. The maximum absolute atomic E-state index is 9.13. The average molecular weight is 183 g/mol. The normalized spacial score (nSPS) is 41.5. The molecule has 0 spiro atoms. The zero-order valence-corrected chi connectivity index (χ0v) is 8.58. The maximum Gasteiger partial charge on any atom is 0.0459 e. The molecule has 3 atom stereocenters. The number of hydrogen-bond acceptors (Lipinski definition) is 2. The van der Waals surface area contributed by atoms with E-state index in [1.165, 1.54) is 38.6 Å². The van der Waals surface area contributed by atoms with Gasteiger partial charge in [0.25, 0.3) is 0 Å². The second-order valence-corrected chi connectivity index (χ2v) is 4.81. The van der Waals surface area contributed by atoms with E-state index in [9.17, 15) is 0 Å². The smallest absolute Gasteiger partial charge is 0.0459 e. The van der Waals surface area contributed by atoms with Crippen molar-refractivity contribution in [2.24, 2.45) is 11.8 Å². The van der Waals surface area contributed by atoms with Crippen molar-refractivity contribution in [2.45, 2.75) is 38.1 Å². The monoisotopic (exact) mass is 183 g/mol. The average Bonchev–Trinajstić information content (AvgIpc) is 2.18. The Morgan fingerprint density at radius 3 is 2.92 bits per heavy atom. The Kier molecular flexibility index (Phi) is 2.89. The van der Waals surface area contributed by atoms with E-state index < -0.39 is 0 Å². The molecule has 1 aliphatic carbocycles. The van der Waals surface area contributed by atoms with Gasteiger partial charge >= 0.3 is 0 Å². The minimum absolute atomic E-state index is 0.410. The van der Waals surface area contributed by atoms with Crippen LogP contribution >= 0.6 is 0 Å². The van der Waals surface area contributed by atoms with Crippen LogP contribution in [0.15, 0.2) is 0 Å². The van der Waals surface area contributed by atoms with Gasteiger partial charge in [0.1, 0.15) is 0 Å². The van der Waals surface area contributed by atoms with Crippen LogP contribution in [0.5, 0.6) is 0 Å².